The third-order valence-corrected chi connectivity index (χ3v) is 6.99. The molecule has 0 radical (unpaired) electrons. The van der Waals surface area contributed by atoms with E-state index in [-0.39, 0.29) is 0 Å². The molecule has 1 heterocycles. The second-order valence-corrected chi connectivity index (χ2v) is 8.98. The van der Waals surface area contributed by atoms with Gasteiger partial charge in [0.05, 0.1) is 6.61 Å². The van der Waals surface area contributed by atoms with Crippen molar-refractivity contribution in [2.24, 2.45) is 11.8 Å². The first-order chi connectivity index (χ1) is 9.04. The number of rotatable bonds is 9. The molecule has 0 spiro atoms. The highest BCUT2D eigenvalue weighted by molar-refractivity contribution is 7.75. The highest BCUT2D eigenvalue weighted by Gasteiger charge is 2.32. The Hall–Kier alpha value is 0.0600. The van der Waals surface area contributed by atoms with Gasteiger partial charge in [0.15, 0.2) is 5.52 Å². The molecule has 2 nitrogen and oxygen atoms in total. The van der Waals surface area contributed by atoms with Crippen LogP contribution in [0.3, 0.4) is 0 Å². The summed E-state index contributed by atoms with van der Waals surface area (Å²) in [7, 11) is -0.399. The van der Waals surface area contributed by atoms with Crippen LogP contribution >= 0.6 is 7.92 Å². The standard InChI is InChI=1S/C16H31O2P/c1-5-14(4)11-18-12-15-7-6-10-19(15)16(17)9-8-13(2)3/h13-15H,5-12H2,1-4H3/t14-,15?,19?/m1/s1. The van der Waals surface area contributed by atoms with Crippen molar-refractivity contribution in [3.8, 4) is 0 Å². The molecule has 1 fully saturated rings. The summed E-state index contributed by atoms with van der Waals surface area (Å²) in [5.74, 6) is 1.28. The van der Waals surface area contributed by atoms with E-state index in [1.165, 1.54) is 19.3 Å². The number of hydrogen-bond acceptors (Lipinski definition) is 2. The van der Waals surface area contributed by atoms with Crippen molar-refractivity contribution in [2.75, 3.05) is 19.4 Å². The molecule has 0 aliphatic carbocycles. The minimum absolute atomic E-state index is 0.399. The van der Waals surface area contributed by atoms with Crippen molar-refractivity contribution in [3.63, 3.8) is 0 Å². The Morgan fingerprint density at radius 1 is 1.37 bits per heavy atom. The van der Waals surface area contributed by atoms with Crippen LogP contribution in [0.4, 0.5) is 0 Å². The summed E-state index contributed by atoms with van der Waals surface area (Å²) in [5.41, 5.74) is 1.11. The maximum atomic E-state index is 12.3. The Morgan fingerprint density at radius 2 is 2.11 bits per heavy atom. The van der Waals surface area contributed by atoms with Crippen LogP contribution in [0.15, 0.2) is 0 Å². The van der Waals surface area contributed by atoms with Gasteiger partial charge in [0.1, 0.15) is 0 Å². The molecular weight excluding hydrogens is 255 g/mol. The van der Waals surface area contributed by atoms with E-state index in [0.717, 1.165) is 32.2 Å². The lowest BCUT2D eigenvalue weighted by molar-refractivity contribution is -0.111. The fraction of sp³-hybridized carbons (Fsp3) is 0.938. The Kier molecular flexibility index (Phi) is 8.18. The van der Waals surface area contributed by atoms with Crippen molar-refractivity contribution in [1.29, 1.82) is 0 Å². The molecule has 112 valence electrons. The zero-order valence-corrected chi connectivity index (χ0v) is 14.0. The van der Waals surface area contributed by atoms with Crippen molar-refractivity contribution < 1.29 is 9.53 Å². The fourth-order valence-corrected chi connectivity index (χ4v) is 5.16. The molecule has 3 heteroatoms. The van der Waals surface area contributed by atoms with Gasteiger partial charge in [-0.15, -0.1) is 0 Å². The quantitative estimate of drug-likeness (QED) is 0.576. The highest BCUT2D eigenvalue weighted by atomic mass is 31.1. The van der Waals surface area contributed by atoms with Gasteiger partial charge in [-0.1, -0.05) is 34.1 Å². The average Bonchev–Trinajstić information content (AvgIpc) is 2.84. The van der Waals surface area contributed by atoms with Crippen LogP contribution in [-0.4, -0.2) is 30.6 Å². The fourth-order valence-electron chi connectivity index (χ4n) is 2.42. The van der Waals surface area contributed by atoms with Gasteiger partial charge in [-0.05, 0) is 45.2 Å². The van der Waals surface area contributed by atoms with Gasteiger partial charge in [-0.3, -0.25) is 4.79 Å². The molecule has 0 aromatic heterocycles. The topological polar surface area (TPSA) is 26.3 Å². The lowest BCUT2D eigenvalue weighted by Gasteiger charge is -2.20. The molecule has 0 amide bonds. The number of ether oxygens (including phenoxy) is 1. The molecule has 2 unspecified atom stereocenters. The third-order valence-electron chi connectivity index (χ3n) is 4.04. The smallest absolute Gasteiger partial charge is 0.154 e. The van der Waals surface area contributed by atoms with Crippen molar-refractivity contribution in [3.05, 3.63) is 0 Å². The van der Waals surface area contributed by atoms with Crippen LogP contribution in [0.1, 0.15) is 59.8 Å². The van der Waals surface area contributed by atoms with Gasteiger partial charge < -0.3 is 4.74 Å². The third kappa shape index (κ3) is 6.36. The van der Waals surface area contributed by atoms with E-state index in [1.807, 2.05) is 0 Å². The Labute approximate surface area is 120 Å². The summed E-state index contributed by atoms with van der Waals surface area (Å²) in [6.45, 7) is 10.5. The lowest BCUT2D eigenvalue weighted by atomic mass is 10.1. The van der Waals surface area contributed by atoms with E-state index in [2.05, 4.69) is 27.7 Å². The Bertz CT molecular complexity index is 265. The normalized spacial score (nSPS) is 24.9. The zero-order valence-electron chi connectivity index (χ0n) is 13.2. The van der Waals surface area contributed by atoms with Gasteiger partial charge in [0.2, 0.25) is 0 Å². The lowest BCUT2D eigenvalue weighted by Crippen LogP contribution is -2.17. The molecule has 19 heavy (non-hydrogen) atoms. The molecule has 0 aromatic rings. The van der Waals surface area contributed by atoms with Crippen molar-refractivity contribution in [1.82, 2.24) is 0 Å². The Balaban J connectivity index is 2.30. The molecule has 1 aliphatic rings. The first kappa shape index (κ1) is 17.1. The van der Waals surface area contributed by atoms with Gasteiger partial charge in [-0.2, -0.15) is 0 Å². The van der Waals surface area contributed by atoms with E-state index >= 15 is 0 Å². The molecule has 1 aliphatic heterocycles. The predicted molar refractivity (Wildman–Crippen MR) is 84.2 cm³/mol. The Morgan fingerprint density at radius 3 is 2.74 bits per heavy atom. The van der Waals surface area contributed by atoms with Crippen LogP contribution in [0, 0.1) is 11.8 Å². The van der Waals surface area contributed by atoms with Crippen LogP contribution in [0.25, 0.3) is 0 Å². The second kappa shape index (κ2) is 9.08. The molecule has 1 rings (SSSR count). The summed E-state index contributed by atoms with van der Waals surface area (Å²) in [5, 5.41) is 0. The molecular formula is C16H31O2P. The first-order valence-electron chi connectivity index (χ1n) is 7.91. The maximum absolute atomic E-state index is 12.3. The number of carbonyl (C=O) groups is 1. The van der Waals surface area contributed by atoms with Crippen LogP contribution in [0.2, 0.25) is 0 Å². The van der Waals surface area contributed by atoms with E-state index in [1.54, 1.807) is 0 Å². The van der Waals surface area contributed by atoms with Gasteiger partial charge in [0.25, 0.3) is 0 Å². The number of hydrogen-bond donors (Lipinski definition) is 0. The molecule has 0 saturated carbocycles. The minimum Gasteiger partial charge on any atom is -0.381 e. The second-order valence-electron chi connectivity index (χ2n) is 6.37. The number of carbonyl (C=O) groups excluding carboxylic acids is 1. The van der Waals surface area contributed by atoms with Gasteiger partial charge in [0, 0.05) is 18.7 Å². The highest BCUT2D eigenvalue weighted by Crippen LogP contribution is 2.51. The summed E-state index contributed by atoms with van der Waals surface area (Å²) < 4.78 is 5.84. The summed E-state index contributed by atoms with van der Waals surface area (Å²) in [4.78, 5) is 12.3. The minimum atomic E-state index is -0.399. The van der Waals surface area contributed by atoms with E-state index < -0.39 is 7.92 Å². The average molecular weight is 286 g/mol. The van der Waals surface area contributed by atoms with Crippen LogP contribution in [0.5, 0.6) is 0 Å². The largest absolute Gasteiger partial charge is 0.381 e. The summed E-state index contributed by atoms with van der Waals surface area (Å²) >= 11 is 0. The van der Waals surface area contributed by atoms with Crippen molar-refractivity contribution >= 4 is 13.4 Å². The molecule has 1 saturated heterocycles. The molecule has 0 N–H and O–H groups in total. The SMILES string of the molecule is CC[C@@H](C)COCC1CCCP1C(=O)CCC(C)C. The van der Waals surface area contributed by atoms with Crippen LogP contribution in [-0.2, 0) is 9.53 Å². The molecule has 3 atom stereocenters. The summed E-state index contributed by atoms with van der Waals surface area (Å²) in [6, 6.07) is 0. The van der Waals surface area contributed by atoms with Crippen LogP contribution < -0.4 is 0 Å². The summed E-state index contributed by atoms with van der Waals surface area (Å²) in [6.07, 6.45) is 6.62. The van der Waals surface area contributed by atoms with Gasteiger partial charge >= 0.3 is 0 Å². The first-order valence-corrected chi connectivity index (χ1v) is 9.51. The molecule has 0 aromatic carbocycles. The molecule has 0 bridgehead atoms. The van der Waals surface area contributed by atoms with Gasteiger partial charge in [-0.25, -0.2) is 0 Å². The monoisotopic (exact) mass is 286 g/mol. The zero-order chi connectivity index (χ0) is 14.3. The maximum Gasteiger partial charge on any atom is 0.154 e. The predicted octanol–water partition coefficient (Wildman–Crippen LogP) is 4.66. The van der Waals surface area contributed by atoms with Crippen molar-refractivity contribution in [2.45, 2.75) is 65.5 Å². The van der Waals surface area contributed by atoms with E-state index in [0.29, 0.717) is 23.0 Å². The van der Waals surface area contributed by atoms with E-state index in [4.69, 9.17) is 4.74 Å². The van der Waals surface area contributed by atoms with E-state index in [9.17, 15) is 4.79 Å².